The molecule has 3 aromatic rings. The Morgan fingerprint density at radius 2 is 1.75 bits per heavy atom. The standard InChI is InChI=1S/C24H24N2O2/c1-16-22-9-10-25-14-19(22)15-26(16)20-7-8-23(27-2)24(13-20)28-21-11-17-5-3-4-6-18(17)12-21/h3-10,13-14,16,21H,11-12,15H2,1-2H3. The van der Waals surface area contributed by atoms with E-state index in [-0.39, 0.29) is 6.10 Å². The van der Waals surface area contributed by atoms with Crippen LogP contribution in [0.3, 0.4) is 0 Å². The largest absolute Gasteiger partial charge is 0.493 e. The van der Waals surface area contributed by atoms with Crippen molar-refractivity contribution in [1.82, 2.24) is 4.98 Å². The van der Waals surface area contributed by atoms with Gasteiger partial charge in [-0.05, 0) is 47.4 Å². The number of aromatic nitrogens is 1. The summed E-state index contributed by atoms with van der Waals surface area (Å²) in [6, 6.07) is 17.3. The highest BCUT2D eigenvalue weighted by atomic mass is 16.5. The second-order valence-corrected chi connectivity index (χ2v) is 7.63. The summed E-state index contributed by atoms with van der Waals surface area (Å²) >= 11 is 0. The van der Waals surface area contributed by atoms with E-state index in [4.69, 9.17) is 9.47 Å². The Bertz CT molecular complexity index is 992. The predicted molar refractivity (Wildman–Crippen MR) is 110 cm³/mol. The Labute approximate surface area is 165 Å². The molecule has 1 unspecified atom stereocenters. The van der Waals surface area contributed by atoms with E-state index < -0.39 is 0 Å². The highest BCUT2D eigenvalue weighted by Gasteiger charge is 2.28. The van der Waals surface area contributed by atoms with E-state index in [1.807, 2.05) is 18.5 Å². The third kappa shape index (κ3) is 2.89. The lowest BCUT2D eigenvalue weighted by atomic mass is 10.1. The molecule has 0 bridgehead atoms. The summed E-state index contributed by atoms with van der Waals surface area (Å²) in [5.74, 6) is 1.60. The molecule has 0 spiro atoms. The lowest BCUT2D eigenvalue weighted by Crippen LogP contribution is -2.20. The molecule has 0 saturated carbocycles. The SMILES string of the molecule is COc1ccc(N2Cc3cnccc3C2C)cc1OC1Cc2ccccc2C1. The number of nitrogens with zero attached hydrogens (tertiary/aromatic N) is 2. The molecule has 4 nitrogen and oxygen atoms in total. The van der Waals surface area contributed by atoms with Gasteiger partial charge >= 0.3 is 0 Å². The van der Waals surface area contributed by atoms with Gasteiger partial charge in [-0.25, -0.2) is 0 Å². The van der Waals surface area contributed by atoms with E-state index in [0.717, 1.165) is 36.6 Å². The second-order valence-electron chi connectivity index (χ2n) is 7.63. The Kier molecular flexibility index (Phi) is 4.19. The fraction of sp³-hybridized carbons (Fsp3) is 0.292. The molecule has 2 heterocycles. The van der Waals surface area contributed by atoms with Crippen LogP contribution >= 0.6 is 0 Å². The number of benzene rings is 2. The molecule has 2 aliphatic rings. The van der Waals surface area contributed by atoms with E-state index in [9.17, 15) is 0 Å². The van der Waals surface area contributed by atoms with Crippen molar-refractivity contribution in [3.8, 4) is 11.5 Å². The number of methoxy groups -OCH3 is 1. The molecule has 0 fully saturated rings. The van der Waals surface area contributed by atoms with E-state index in [0.29, 0.717) is 6.04 Å². The lowest BCUT2D eigenvalue weighted by molar-refractivity contribution is 0.204. The molecule has 0 amide bonds. The van der Waals surface area contributed by atoms with Crippen molar-refractivity contribution in [3.05, 3.63) is 83.2 Å². The smallest absolute Gasteiger partial charge is 0.163 e. The van der Waals surface area contributed by atoms with Crippen molar-refractivity contribution >= 4 is 5.69 Å². The van der Waals surface area contributed by atoms with Crippen molar-refractivity contribution in [3.63, 3.8) is 0 Å². The number of hydrogen-bond acceptors (Lipinski definition) is 4. The lowest BCUT2D eigenvalue weighted by Gasteiger charge is -2.26. The molecule has 142 valence electrons. The average Bonchev–Trinajstić information content (AvgIpc) is 3.28. The molecule has 0 N–H and O–H groups in total. The topological polar surface area (TPSA) is 34.6 Å². The maximum absolute atomic E-state index is 6.43. The van der Waals surface area contributed by atoms with Crippen molar-refractivity contribution in [1.29, 1.82) is 0 Å². The molecule has 28 heavy (non-hydrogen) atoms. The normalized spacial score (nSPS) is 18.1. The first-order valence-corrected chi connectivity index (χ1v) is 9.84. The maximum Gasteiger partial charge on any atom is 0.163 e. The third-order valence-corrected chi connectivity index (χ3v) is 5.99. The van der Waals surface area contributed by atoms with Crippen molar-refractivity contribution in [2.24, 2.45) is 0 Å². The van der Waals surface area contributed by atoms with Crippen LogP contribution in [0.25, 0.3) is 0 Å². The summed E-state index contributed by atoms with van der Waals surface area (Å²) in [6.45, 7) is 3.11. The van der Waals surface area contributed by atoms with Gasteiger partial charge < -0.3 is 14.4 Å². The van der Waals surface area contributed by atoms with Gasteiger partial charge in [-0.1, -0.05) is 24.3 Å². The Balaban J connectivity index is 1.41. The van der Waals surface area contributed by atoms with Crippen LogP contribution in [0.5, 0.6) is 11.5 Å². The summed E-state index contributed by atoms with van der Waals surface area (Å²) in [4.78, 5) is 6.67. The molecule has 1 atom stereocenters. The van der Waals surface area contributed by atoms with E-state index in [1.165, 1.54) is 22.3 Å². The molecular weight excluding hydrogens is 348 g/mol. The van der Waals surface area contributed by atoms with Crippen LogP contribution in [-0.4, -0.2) is 18.2 Å². The monoisotopic (exact) mass is 372 g/mol. The van der Waals surface area contributed by atoms with Crippen LogP contribution < -0.4 is 14.4 Å². The Morgan fingerprint density at radius 3 is 2.46 bits per heavy atom. The van der Waals surface area contributed by atoms with Crippen LogP contribution in [0, 0.1) is 0 Å². The molecule has 1 aliphatic heterocycles. The van der Waals surface area contributed by atoms with E-state index in [2.05, 4.69) is 59.3 Å². The fourth-order valence-corrected chi connectivity index (χ4v) is 4.50. The number of anilines is 1. The first-order chi connectivity index (χ1) is 13.7. The van der Waals surface area contributed by atoms with Crippen LogP contribution in [0.15, 0.2) is 60.9 Å². The molecule has 0 saturated heterocycles. The van der Waals surface area contributed by atoms with Gasteiger partial charge in [0.1, 0.15) is 6.10 Å². The maximum atomic E-state index is 6.43. The zero-order valence-electron chi connectivity index (χ0n) is 16.3. The van der Waals surface area contributed by atoms with Crippen LogP contribution in [0.1, 0.15) is 35.2 Å². The van der Waals surface area contributed by atoms with Crippen molar-refractivity contribution < 1.29 is 9.47 Å². The molecule has 1 aliphatic carbocycles. The minimum atomic E-state index is 0.152. The summed E-state index contributed by atoms with van der Waals surface area (Å²) in [6.07, 6.45) is 5.89. The van der Waals surface area contributed by atoms with Gasteiger partial charge in [0.2, 0.25) is 0 Å². The summed E-state index contributed by atoms with van der Waals surface area (Å²) in [7, 11) is 1.70. The molecule has 4 heteroatoms. The predicted octanol–water partition coefficient (Wildman–Crippen LogP) is 4.72. The highest BCUT2D eigenvalue weighted by Crippen LogP contribution is 2.41. The average molecular weight is 372 g/mol. The fourth-order valence-electron chi connectivity index (χ4n) is 4.50. The van der Waals surface area contributed by atoms with E-state index in [1.54, 1.807) is 7.11 Å². The highest BCUT2D eigenvalue weighted by molar-refractivity contribution is 5.60. The van der Waals surface area contributed by atoms with Crippen LogP contribution in [0.2, 0.25) is 0 Å². The number of ether oxygens (including phenoxy) is 2. The van der Waals surface area contributed by atoms with Gasteiger partial charge in [0.05, 0.1) is 13.2 Å². The number of hydrogen-bond donors (Lipinski definition) is 0. The van der Waals surface area contributed by atoms with Gasteiger partial charge in [-0.3, -0.25) is 4.98 Å². The molecule has 5 rings (SSSR count). The second kappa shape index (κ2) is 6.86. The van der Waals surface area contributed by atoms with Crippen LogP contribution in [0.4, 0.5) is 5.69 Å². The van der Waals surface area contributed by atoms with Gasteiger partial charge in [-0.15, -0.1) is 0 Å². The Hall–Kier alpha value is -3.01. The summed E-state index contributed by atoms with van der Waals surface area (Å²) in [5.41, 5.74) is 6.56. The molecule has 1 aromatic heterocycles. The van der Waals surface area contributed by atoms with Crippen molar-refractivity contribution in [2.45, 2.75) is 38.5 Å². The minimum absolute atomic E-state index is 0.152. The quantitative estimate of drug-likeness (QED) is 0.664. The molecule has 0 radical (unpaired) electrons. The van der Waals surface area contributed by atoms with Gasteiger partial charge in [0, 0.05) is 43.5 Å². The molecular formula is C24H24N2O2. The number of fused-ring (bicyclic) bond motifs is 2. The van der Waals surface area contributed by atoms with Crippen LogP contribution in [-0.2, 0) is 19.4 Å². The van der Waals surface area contributed by atoms with Gasteiger partial charge in [0.25, 0.3) is 0 Å². The van der Waals surface area contributed by atoms with Gasteiger partial charge in [-0.2, -0.15) is 0 Å². The zero-order valence-corrected chi connectivity index (χ0v) is 16.3. The summed E-state index contributed by atoms with van der Waals surface area (Å²) < 4.78 is 12.0. The van der Waals surface area contributed by atoms with Gasteiger partial charge in [0.15, 0.2) is 11.5 Å². The zero-order chi connectivity index (χ0) is 19.1. The first kappa shape index (κ1) is 17.1. The molecule has 2 aromatic carbocycles. The first-order valence-electron chi connectivity index (χ1n) is 9.84. The van der Waals surface area contributed by atoms with E-state index >= 15 is 0 Å². The third-order valence-electron chi connectivity index (χ3n) is 5.99. The number of rotatable bonds is 4. The Morgan fingerprint density at radius 1 is 0.964 bits per heavy atom. The summed E-state index contributed by atoms with van der Waals surface area (Å²) in [5, 5.41) is 0. The number of pyridine rings is 1. The minimum Gasteiger partial charge on any atom is -0.493 e. The van der Waals surface area contributed by atoms with Crippen molar-refractivity contribution in [2.75, 3.05) is 12.0 Å².